The monoisotopic (exact) mass is 444 g/mol. The van der Waals surface area contributed by atoms with E-state index in [1.165, 1.54) is 12.8 Å². The molecule has 0 bridgehead atoms. The fraction of sp³-hybridized carbons (Fsp3) is 0.385. The number of benzene rings is 2. The molecule has 4 heterocycles. The first-order valence-electron chi connectivity index (χ1n) is 11.8. The van der Waals surface area contributed by atoms with Crippen LogP contribution in [-0.4, -0.2) is 59.7 Å². The Labute approximate surface area is 193 Å². The number of ether oxygens (including phenoxy) is 2. The van der Waals surface area contributed by atoms with Crippen molar-refractivity contribution in [3.63, 3.8) is 0 Å². The maximum atomic E-state index is 13.8. The van der Waals surface area contributed by atoms with E-state index in [1.807, 2.05) is 48.5 Å². The first kappa shape index (κ1) is 20.3. The van der Waals surface area contributed by atoms with Crippen LogP contribution >= 0.6 is 0 Å². The van der Waals surface area contributed by atoms with Crippen LogP contribution in [0.3, 0.4) is 0 Å². The van der Waals surface area contributed by atoms with Crippen molar-refractivity contribution in [3.05, 3.63) is 54.1 Å². The van der Waals surface area contributed by atoms with E-state index in [2.05, 4.69) is 15.1 Å². The van der Waals surface area contributed by atoms with Crippen molar-refractivity contribution in [3.8, 4) is 11.5 Å². The molecular formula is C26H28N4O3. The van der Waals surface area contributed by atoms with E-state index in [1.54, 1.807) is 0 Å². The van der Waals surface area contributed by atoms with E-state index in [0.29, 0.717) is 17.1 Å². The van der Waals surface area contributed by atoms with Gasteiger partial charge in [-0.2, -0.15) is 0 Å². The number of carbonyl (C=O) groups is 1. The van der Waals surface area contributed by atoms with Crippen molar-refractivity contribution >= 4 is 28.3 Å². The van der Waals surface area contributed by atoms with Crippen LogP contribution in [0.1, 0.15) is 36.0 Å². The van der Waals surface area contributed by atoms with Gasteiger partial charge in [-0.3, -0.25) is 4.79 Å². The average Bonchev–Trinajstić information content (AvgIpc) is 3.60. The van der Waals surface area contributed by atoms with Crippen molar-refractivity contribution in [2.24, 2.45) is 0 Å². The van der Waals surface area contributed by atoms with Gasteiger partial charge in [0.05, 0.1) is 11.1 Å². The number of anilines is 2. The van der Waals surface area contributed by atoms with Crippen molar-refractivity contribution in [1.82, 2.24) is 14.8 Å². The van der Waals surface area contributed by atoms with Crippen molar-refractivity contribution < 1.29 is 14.3 Å². The van der Waals surface area contributed by atoms with E-state index in [-0.39, 0.29) is 18.7 Å². The lowest BCUT2D eigenvalue weighted by Gasteiger charge is -2.29. The van der Waals surface area contributed by atoms with Gasteiger partial charge in [0.15, 0.2) is 11.5 Å². The fourth-order valence-electron chi connectivity index (χ4n) is 5.25. The Morgan fingerprint density at radius 1 is 1.00 bits per heavy atom. The number of hydrogen-bond acceptors (Lipinski definition) is 6. The number of likely N-dealkylation sites (tertiary alicyclic amines) is 2. The summed E-state index contributed by atoms with van der Waals surface area (Å²) in [6.07, 6.45) is 4.68. The molecule has 1 unspecified atom stereocenters. The number of carbonyl (C=O) groups excluding carboxylic acids is 1. The summed E-state index contributed by atoms with van der Waals surface area (Å²) in [7, 11) is 0. The predicted octanol–water partition coefficient (Wildman–Crippen LogP) is 4.41. The van der Waals surface area contributed by atoms with Crippen molar-refractivity contribution in [2.75, 3.05) is 38.3 Å². The van der Waals surface area contributed by atoms with E-state index < -0.39 is 0 Å². The van der Waals surface area contributed by atoms with Gasteiger partial charge in [-0.15, -0.1) is 0 Å². The third kappa shape index (κ3) is 3.97. The summed E-state index contributed by atoms with van der Waals surface area (Å²) in [5, 5.41) is 4.25. The number of rotatable bonds is 5. The van der Waals surface area contributed by atoms with Gasteiger partial charge in [0.2, 0.25) is 6.79 Å². The Hall–Kier alpha value is -3.32. The van der Waals surface area contributed by atoms with Crippen LogP contribution in [0.5, 0.6) is 11.5 Å². The summed E-state index contributed by atoms with van der Waals surface area (Å²) in [4.78, 5) is 23.2. The lowest BCUT2D eigenvalue weighted by Crippen LogP contribution is -2.42. The minimum Gasteiger partial charge on any atom is -0.454 e. The second-order valence-corrected chi connectivity index (χ2v) is 9.07. The molecule has 170 valence electrons. The zero-order valence-corrected chi connectivity index (χ0v) is 18.6. The summed E-state index contributed by atoms with van der Waals surface area (Å²) in [5.74, 6) is 2.19. The molecular weight excluding hydrogens is 416 g/mol. The first-order valence-corrected chi connectivity index (χ1v) is 11.8. The highest BCUT2D eigenvalue weighted by Crippen LogP contribution is 2.35. The quantitative estimate of drug-likeness (QED) is 0.629. The summed E-state index contributed by atoms with van der Waals surface area (Å²) < 4.78 is 10.9. The smallest absolute Gasteiger partial charge is 0.254 e. The summed E-state index contributed by atoms with van der Waals surface area (Å²) >= 11 is 0. The Kier molecular flexibility index (Phi) is 5.26. The van der Waals surface area contributed by atoms with Gasteiger partial charge in [-0.05, 0) is 63.0 Å². The van der Waals surface area contributed by atoms with Crippen LogP contribution in [0, 0.1) is 0 Å². The highest BCUT2D eigenvalue weighted by Gasteiger charge is 2.32. The number of hydrogen-bond donors (Lipinski definition) is 1. The second kappa shape index (κ2) is 8.56. The van der Waals surface area contributed by atoms with Crippen LogP contribution in [0.25, 0.3) is 10.9 Å². The molecule has 7 nitrogen and oxygen atoms in total. The van der Waals surface area contributed by atoms with Crippen LogP contribution in [0.2, 0.25) is 0 Å². The maximum absolute atomic E-state index is 13.8. The number of pyridine rings is 1. The molecule has 0 saturated carbocycles. The normalized spacial score (nSPS) is 20.0. The van der Waals surface area contributed by atoms with Gasteiger partial charge in [-0.1, -0.05) is 18.2 Å². The molecule has 1 aromatic heterocycles. The molecule has 33 heavy (non-hydrogen) atoms. The molecule has 6 rings (SSSR count). The number of fused-ring (bicyclic) bond motifs is 2. The zero-order chi connectivity index (χ0) is 22.2. The first-order chi connectivity index (χ1) is 16.2. The largest absolute Gasteiger partial charge is 0.454 e. The van der Waals surface area contributed by atoms with E-state index >= 15 is 0 Å². The lowest BCUT2D eigenvalue weighted by atomic mass is 10.1. The maximum Gasteiger partial charge on any atom is 0.254 e. The number of amides is 1. The molecule has 2 saturated heterocycles. The van der Waals surface area contributed by atoms with E-state index in [0.717, 1.165) is 61.4 Å². The van der Waals surface area contributed by atoms with Crippen molar-refractivity contribution in [1.29, 1.82) is 0 Å². The Morgan fingerprint density at radius 2 is 1.85 bits per heavy atom. The highest BCUT2D eigenvalue weighted by atomic mass is 16.7. The molecule has 2 fully saturated rings. The van der Waals surface area contributed by atoms with Gasteiger partial charge >= 0.3 is 0 Å². The molecule has 1 N–H and O–H groups in total. The Morgan fingerprint density at radius 3 is 2.76 bits per heavy atom. The van der Waals surface area contributed by atoms with Crippen molar-refractivity contribution in [2.45, 2.75) is 31.7 Å². The fourth-order valence-corrected chi connectivity index (χ4v) is 5.25. The molecule has 0 aliphatic carbocycles. The minimum absolute atomic E-state index is 0.101. The van der Waals surface area contributed by atoms with Gasteiger partial charge < -0.3 is 24.6 Å². The number of aromatic nitrogens is 1. The predicted molar refractivity (Wildman–Crippen MR) is 127 cm³/mol. The topological polar surface area (TPSA) is 66.9 Å². The van der Waals surface area contributed by atoms with Crippen LogP contribution in [0.4, 0.5) is 11.5 Å². The molecule has 3 aliphatic rings. The van der Waals surface area contributed by atoms with E-state index in [4.69, 9.17) is 14.5 Å². The SMILES string of the molecule is O=C(c1cc(Nc2ccc3c(c2)OCO3)nc2ccccc12)N1CCCC1CN1CCCC1. The summed E-state index contributed by atoms with van der Waals surface area (Å²) in [6.45, 7) is 4.34. The Bertz CT molecular complexity index is 1190. The molecule has 2 aromatic carbocycles. The Balaban J connectivity index is 1.31. The van der Waals surface area contributed by atoms with E-state index in [9.17, 15) is 4.79 Å². The summed E-state index contributed by atoms with van der Waals surface area (Å²) in [6, 6.07) is 15.8. The molecule has 1 atom stereocenters. The molecule has 1 amide bonds. The highest BCUT2D eigenvalue weighted by molar-refractivity contribution is 6.07. The van der Waals surface area contributed by atoms with Crippen LogP contribution < -0.4 is 14.8 Å². The van der Waals surface area contributed by atoms with Crippen LogP contribution in [-0.2, 0) is 0 Å². The third-order valence-electron chi connectivity index (χ3n) is 6.90. The number of nitrogens with zero attached hydrogens (tertiary/aromatic N) is 3. The third-order valence-corrected chi connectivity index (χ3v) is 6.90. The van der Waals surface area contributed by atoms with Gasteiger partial charge in [0, 0.05) is 36.3 Å². The molecule has 3 aromatic rings. The molecule has 0 radical (unpaired) electrons. The van der Waals surface area contributed by atoms with Gasteiger partial charge in [-0.25, -0.2) is 4.98 Å². The van der Waals surface area contributed by atoms with Gasteiger partial charge in [0.1, 0.15) is 5.82 Å². The average molecular weight is 445 g/mol. The standard InChI is InChI=1S/C26H28N4O3/c31-26(30-13-5-6-19(30)16-29-11-3-4-12-29)21-15-25(28-22-8-2-1-7-20(21)22)27-18-9-10-23-24(14-18)33-17-32-23/h1-2,7-10,14-15,19H,3-6,11-13,16-17H2,(H,27,28). The number of para-hydroxylation sites is 1. The molecule has 3 aliphatic heterocycles. The second-order valence-electron chi connectivity index (χ2n) is 9.07. The molecule has 7 heteroatoms. The van der Waals surface area contributed by atoms with Crippen LogP contribution in [0.15, 0.2) is 48.5 Å². The lowest BCUT2D eigenvalue weighted by molar-refractivity contribution is 0.0710. The minimum atomic E-state index is 0.101. The summed E-state index contributed by atoms with van der Waals surface area (Å²) in [5.41, 5.74) is 2.35. The zero-order valence-electron chi connectivity index (χ0n) is 18.6. The van der Waals surface area contributed by atoms with Gasteiger partial charge in [0.25, 0.3) is 5.91 Å². The number of nitrogens with one attached hydrogen (secondary N) is 1. The molecule has 0 spiro atoms.